The molecule has 1 aliphatic heterocycles. The molecular formula is C15H22N6O. The molecule has 22 heavy (non-hydrogen) atoms. The Hall–Kier alpha value is -2.18. The van der Waals surface area contributed by atoms with Crippen molar-refractivity contribution in [1.82, 2.24) is 20.3 Å². The van der Waals surface area contributed by atoms with Crippen LogP contribution in [0, 0.1) is 6.92 Å². The second-order valence-electron chi connectivity index (χ2n) is 6.82. The third-order valence-corrected chi connectivity index (χ3v) is 3.97. The lowest BCUT2D eigenvalue weighted by Crippen LogP contribution is -2.59. The molecule has 0 aromatic carbocycles. The van der Waals surface area contributed by atoms with Crippen LogP contribution in [0.3, 0.4) is 0 Å². The summed E-state index contributed by atoms with van der Waals surface area (Å²) in [6.07, 6.45) is 0. The molecule has 3 heterocycles. The number of hydrogen-bond donors (Lipinski definition) is 0. The van der Waals surface area contributed by atoms with Crippen molar-refractivity contribution in [2.24, 2.45) is 0 Å². The van der Waals surface area contributed by atoms with Crippen LogP contribution in [0.25, 0.3) is 0 Å². The fourth-order valence-corrected chi connectivity index (χ4v) is 2.37. The zero-order chi connectivity index (χ0) is 15.9. The van der Waals surface area contributed by atoms with Crippen LogP contribution in [0.5, 0.6) is 0 Å². The summed E-state index contributed by atoms with van der Waals surface area (Å²) in [7, 11) is 1.98. The van der Waals surface area contributed by atoms with E-state index in [0.717, 1.165) is 24.6 Å². The van der Waals surface area contributed by atoms with Crippen molar-refractivity contribution < 1.29 is 4.52 Å². The van der Waals surface area contributed by atoms with Gasteiger partial charge in [0.15, 0.2) is 11.6 Å². The average Bonchev–Trinajstić information content (AvgIpc) is 2.83. The molecule has 2 aromatic rings. The first-order valence-corrected chi connectivity index (χ1v) is 7.47. The highest BCUT2D eigenvalue weighted by molar-refractivity contribution is 5.45. The second kappa shape index (κ2) is 5.23. The van der Waals surface area contributed by atoms with Gasteiger partial charge in [-0.05, 0) is 19.1 Å². The van der Waals surface area contributed by atoms with Crippen LogP contribution >= 0.6 is 0 Å². The number of rotatable bonds is 3. The fraction of sp³-hybridized carbons (Fsp3) is 0.600. The van der Waals surface area contributed by atoms with E-state index in [0.29, 0.717) is 17.9 Å². The molecule has 118 valence electrons. The van der Waals surface area contributed by atoms with Crippen molar-refractivity contribution in [1.29, 1.82) is 0 Å². The first kappa shape index (κ1) is 14.7. The van der Waals surface area contributed by atoms with E-state index in [1.54, 1.807) is 0 Å². The van der Waals surface area contributed by atoms with Crippen molar-refractivity contribution in [3.63, 3.8) is 0 Å². The summed E-state index contributed by atoms with van der Waals surface area (Å²) in [5.74, 6) is 1.57. The van der Waals surface area contributed by atoms with E-state index >= 15 is 0 Å². The van der Waals surface area contributed by atoms with Crippen LogP contribution in [0.15, 0.2) is 16.7 Å². The number of aromatic nitrogens is 4. The number of nitrogens with zero attached hydrogens (tertiary/aromatic N) is 6. The fourth-order valence-electron chi connectivity index (χ4n) is 2.37. The van der Waals surface area contributed by atoms with Gasteiger partial charge >= 0.3 is 6.01 Å². The van der Waals surface area contributed by atoms with E-state index < -0.39 is 0 Å². The second-order valence-corrected chi connectivity index (χ2v) is 6.82. The van der Waals surface area contributed by atoms with Gasteiger partial charge in [0.05, 0.1) is 11.7 Å². The molecule has 0 amide bonds. The van der Waals surface area contributed by atoms with Gasteiger partial charge < -0.3 is 14.3 Å². The molecule has 3 rings (SSSR count). The van der Waals surface area contributed by atoms with Crippen molar-refractivity contribution in [3.8, 4) is 0 Å². The Balaban J connectivity index is 1.61. The summed E-state index contributed by atoms with van der Waals surface area (Å²) in [5, 5.41) is 12.5. The van der Waals surface area contributed by atoms with Gasteiger partial charge in [0, 0.05) is 25.6 Å². The van der Waals surface area contributed by atoms with E-state index in [1.165, 1.54) is 0 Å². The summed E-state index contributed by atoms with van der Waals surface area (Å²) in [6.45, 7) is 9.98. The SMILES string of the molecule is Cc1noc(N(C)C2CN(c3ccc(C(C)(C)C)nn3)C2)n1. The molecule has 0 unspecified atom stereocenters. The lowest BCUT2D eigenvalue weighted by atomic mass is 9.92. The highest BCUT2D eigenvalue weighted by atomic mass is 16.5. The third-order valence-electron chi connectivity index (χ3n) is 3.97. The standard InChI is InChI=1S/C15H22N6O/c1-10-16-14(22-19-10)20(5)11-8-21(9-11)13-7-6-12(17-18-13)15(2,3)4/h6-7,11H,8-9H2,1-5H3. The minimum atomic E-state index is 0.0268. The number of anilines is 2. The molecule has 7 heteroatoms. The Labute approximate surface area is 130 Å². The van der Waals surface area contributed by atoms with E-state index in [9.17, 15) is 0 Å². The van der Waals surface area contributed by atoms with Crippen molar-refractivity contribution in [2.45, 2.75) is 39.2 Å². The summed E-state index contributed by atoms with van der Waals surface area (Å²) in [6, 6.07) is 5.02. The predicted molar refractivity (Wildman–Crippen MR) is 84.2 cm³/mol. The van der Waals surface area contributed by atoms with Gasteiger partial charge in [0.2, 0.25) is 0 Å². The highest BCUT2D eigenvalue weighted by Crippen LogP contribution is 2.25. The maximum atomic E-state index is 5.20. The minimum absolute atomic E-state index is 0.0268. The molecule has 0 N–H and O–H groups in total. The minimum Gasteiger partial charge on any atom is -0.351 e. The van der Waals surface area contributed by atoms with Gasteiger partial charge in [-0.3, -0.25) is 0 Å². The Morgan fingerprint density at radius 3 is 2.45 bits per heavy atom. The molecule has 1 saturated heterocycles. The lowest BCUT2D eigenvalue weighted by molar-refractivity contribution is 0.387. The van der Waals surface area contributed by atoms with E-state index in [2.05, 4.69) is 52.1 Å². The van der Waals surface area contributed by atoms with Crippen molar-refractivity contribution >= 4 is 11.8 Å². The predicted octanol–water partition coefficient (Wildman–Crippen LogP) is 1.79. The van der Waals surface area contributed by atoms with Gasteiger partial charge in [-0.15, -0.1) is 5.10 Å². The normalized spacial score (nSPS) is 15.8. The maximum absolute atomic E-state index is 5.20. The zero-order valence-electron chi connectivity index (χ0n) is 13.7. The first-order valence-electron chi connectivity index (χ1n) is 7.47. The molecule has 2 aromatic heterocycles. The molecule has 1 fully saturated rings. The smallest absolute Gasteiger partial charge is 0.324 e. The summed E-state index contributed by atoms with van der Waals surface area (Å²) < 4.78 is 5.20. The van der Waals surface area contributed by atoms with E-state index in [4.69, 9.17) is 4.52 Å². The lowest BCUT2D eigenvalue weighted by Gasteiger charge is -2.43. The molecular weight excluding hydrogens is 280 g/mol. The van der Waals surface area contributed by atoms with Gasteiger partial charge in [0.25, 0.3) is 0 Å². The van der Waals surface area contributed by atoms with E-state index in [1.807, 2.05) is 24.9 Å². The van der Waals surface area contributed by atoms with Crippen LogP contribution in [0.1, 0.15) is 32.3 Å². The van der Waals surface area contributed by atoms with Crippen molar-refractivity contribution in [3.05, 3.63) is 23.7 Å². The summed E-state index contributed by atoms with van der Waals surface area (Å²) >= 11 is 0. The Kier molecular flexibility index (Phi) is 3.50. The molecule has 0 bridgehead atoms. The topological polar surface area (TPSA) is 71.2 Å². The first-order chi connectivity index (χ1) is 10.3. The average molecular weight is 302 g/mol. The quantitative estimate of drug-likeness (QED) is 0.856. The molecule has 0 spiro atoms. The third kappa shape index (κ3) is 2.75. The largest absolute Gasteiger partial charge is 0.351 e. The molecule has 0 saturated carbocycles. The number of hydrogen-bond acceptors (Lipinski definition) is 7. The Bertz CT molecular complexity index is 639. The molecule has 0 radical (unpaired) electrons. The summed E-state index contributed by atoms with van der Waals surface area (Å²) in [4.78, 5) is 8.47. The van der Waals surface area contributed by atoms with Gasteiger partial charge in [-0.25, -0.2) is 0 Å². The zero-order valence-corrected chi connectivity index (χ0v) is 13.7. The molecule has 7 nitrogen and oxygen atoms in total. The van der Waals surface area contributed by atoms with Gasteiger partial charge in [0.1, 0.15) is 0 Å². The Morgan fingerprint density at radius 2 is 1.95 bits per heavy atom. The monoisotopic (exact) mass is 302 g/mol. The van der Waals surface area contributed by atoms with Gasteiger partial charge in [-0.1, -0.05) is 25.9 Å². The van der Waals surface area contributed by atoms with Crippen LogP contribution in [-0.2, 0) is 5.41 Å². The van der Waals surface area contributed by atoms with Crippen LogP contribution in [0.4, 0.5) is 11.8 Å². The van der Waals surface area contributed by atoms with Crippen LogP contribution in [-0.4, -0.2) is 46.5 Å². The summed E-state index contributed by atoms with van der Waals surface area (Å²) in [5.41, 5.74) is 1.03. The van der Waals surface area contributed by atoms with Crippen molar-refractivity contribution in [2.75, 3.05) is 29.9 Å². The Morgan fingerprint density at radius 1 is 1.23 bits per heavy atom. The number of likely N-dealkylation sites (N-methyl/N-ethyl adjacent to an activating group) is 1. The van der Waals surface area contributed by atoms with Crippen LogP contribution in [0.2, 0.25) is 0 Å². The number of aryl methyl sites for hydroxylation is 1. The van der Waals surface area contributed by atoms with E-state index in [-0.39, 0.29) is 5.41 Å². The molecule has 1 aliphatic rings. The highest BCUT2D eigenvalue weighted by Gasteiger charge is 2.33. The van der Waals surface area contributed by atoms with Gasteiger partial charge in [-0.2, -0.15) is 10.1 Å². The van der Waals surface area contributed by atoms with Crippen LogP contribution < -0.4 is 9.80 Å². The maximum Gasteiger partial charge on any atom is 0.324 e. The molecule has 0 atom stereocenters. The molecule has 0 aliphatic carbocycles.